The number of para-hydroxylation sites is 1. The Kier molecular flexibility index (Phi) is 5.13. The van der Waals surface area contributed by atoms with Gasteiger partial charge in [-0.15, -0.1) is 0 Å². The molecule has 30 heavy (non-hydrogen) atoms. The van der Waals surface area contributed by atoms with E-state index in [1.807, 2.05) is 24.4 Å². The van der Waals surface area contributed by atoms with Crippen LogP contribution in [0.15, 0.2) is 42.6 Å². The van der Waals surface area contributed by atoms with E-state index < -0.39 is 0 Å². The number of ether oxygens (including phenoxy) is 1. The van der Waals surface area contributed by atoms with Crippen molar-refractivity contribution in [2.24, 2.45) is 5.41 Å². The van der Waals surface area contributed by atoms with Crippen molar-refractivity contribution >= 4 is 28.2 Å². The van der Waals surface area contributed by atoms with Crippen molar-refractivity contribution in [1.29, 1.82) is 0 Å². The number of piperidine rings is 1. The molecule has 5 rings (SSSR count). The molecule has 0 saturated carbocycles. The predicted molar refractivity (Wildman–Crippen MR) is 122 cm³/mol. The number of hydrogen-bond donors (Lipinski definition) is 2. The Morgan fingerprint density at radius 1 is 1.13 bits per heavy atom. The quantitative estimate of drug-likeness (QED) is 0.651. The Balaban J connectivity index is 1.53. The summed E-state index contributed by atoms with van der Waals surface area (Å²) in [7, 11) is 1.65. The molecule has 0 aliphatic carbocycles. The second kappa shape index (κ2) is 7.80. The van der Waals surface area contributed by atoms with Gasteiger partial charge in [-0.25, -0.2) is 0 Å². The molecule has 2 fully saturated rings. The molecule has 2 aliphatic heterocycles. The molecule has 1 aromatic heterocycles. The molecule has 0 radical (unpaired) electrons. The Hall–Kier alpha value is -2.21. The van der Waals surface area contributed by atoms with Gasteiger partial charge in [0.2, 0.25) is 0 Å². The fourth-order valence-electron chi connectivity index (χ4n) is 5.26. The maximum atomic E-state index is 10.3. The van der Waals surface area contributed by atoms with Crippen molar-refractivity contribution in [1.82, 2.24) is 9.88 Å². The lowest BCUT2D eigenvalue weighted by molar-refractivity contribution is 0.246. The number of aromatic nitrogens is 1. The highest BCUT2D eigenvalue weighted by Gasteiger charge is 2.37. The first-order chi connectivity index (χ1) is 14.7. The van der Waals surface area contributed by atoms with Crippen LogP contribution >= 0.6 is 11.6 Å². The van der Waals surface area contributed by atoms with E-state index in [2.05, 4.69) is 33.0 Å². The summed E-state index contributed by atoms with van der Waals surface area (Å²) in [6.45, 7) is 4.39. The van der Waals surface area contributed by atoms with Crippen LogP contribution in [0, 0.1) is 5.41 Å². The second-order valence-electron chi connectivity index (χ2n) is 8.54. The van der Waals surface area contributed by atoms with Crippen LogP contribution in [0.4, 0.5) is 5.69 Å². The van der Waals surface area contributed by atoms with E-state index in [4.69, 9.17) is 16.3 Å². The van der Waals surface area contributed by atoms with Gasteiger partial charge in [0, 0.05) is 42.5 Å². The van der Waals surface area contributed by atoms with Gasteiger partial charge in [-0.05, 0) is 61.6 Å². The topological polar surface area (TPSA) is 49.7 Å². The lowest BCUT2D eigenvalue weighted by Crippen LogP contribution is -2.41. The molecule has 0 amide bonds. The molecule has 6 heteroatoms. The average molecular weight is 426 g/mol. The normalized spacial score (nSPS) is 18.4. The van der Waals surface area contributed by atoms with Gasteiger partial charge in [-0.2, -0.15) is 0 Å². The molecular weight excluding hydrogens is 398 g/mol. The predicted octanol–water partition coefficient (Wildman–Crippen LogP) is 4.36. The fraction of sp³-hybridized carbons (Fsp3) is 0.417. The fourth-order valence-corrected chi connectivity index (χ4v) is 5.52. The Bertz CT molecular complexity index is 1060. The van der Waals surface area contributed by atoms with E-state index >= 15 is 0 Å². The first kappa shape index (κ1) is 19.7. The summed E-state index contributed by atoms with van der Waals surface area (Å²) < 4.78 is 7.60. The Labute approximate surface area is 182 Å². The minimum Gasteiger partial charge on any atom is -0.495 e. The maximum Gasteiger partial charge on any atom is 0.144 e. The molecule has 0 unspecified atom stereocenters. The van der Waals surface area contributed by atoms with Gasteiger partial charge in [-0.1, -0.05) is 17.7 Å². The van der Waals surface area contributed by atoms with Crippen LogP contribution in [-0.4, -0.2) is 43.0 Å². The van der Waals surface area contributed by atoms with Gasteiger partial charge in [0.1, 0.15) is 11.4 Å². The number of nitrogens with one attached hydrogen (secondary N) is 1. The maximum absolute atomic E-state index is 10.3. The van der Waals surface area contributed by atoms with Crippen molar-refractivity contribution in [3.63, 3.8) is 0 Å². The summed E-state index contributed by atoms with van der Waals surface area (Å²) in [6.07, 6.45) is 5.71. The molecule has 2 aliphatic rings. The molecule has 2 saturated heterocycles. The highest BCUT2D eigenvalue weighted by molar-refractivity contribution is 6.32. The van der Waals surface area contributed by atoms with Crippen LogP contribution in [0.2, 0.25) is 5.02 Å². The number of fused-ring (bicyclic) bond motifs is 1. The molecule has 158 valence electrons. The van der Waals surface area contributed by atoms with Crippen molar-refractivity contribution in [3.05, 3.63) is 53.2 Å². The van der Waals surface area contributed by atoms with E-state index in [1.54, 1.807) is 7.11 Å². The van der Waals surface area contributed by atoms with Crippen molar-refractivity contribution in [2.45, 2.75) is 25.9 Å². The zero-order valence-electron chi connectivity index (χ0n) is 17.3. The molecular formula is C24H28ClN3O2. The highest BCUT2D eigenvalue weighted by Crippen LogP contribution is 2.41. The monoisotopic (exact) mass is 425 g/mol. The second-order valence-corrected chi connectivity index (χ2v) is 8.95. The average Bonchev–Trinajstić information content (AvgIpc) is 3.41. The number of hydrogen-bond acceptors (Lipinski definition) is 4. The number of methoxy groups -OCH3 is 1. The lowest BCUT2D eigenvalue weighted by atomic mass is 9.77. The highest BCUT2D eigenvalue weighted by atomic mass is 35.5. The molecule has 2 aromatic carbocycles. The molecule has 3 aromatic rings. The zero-order valence-corrected chi connectivity index (χ0v) is 18.1. The largest absolute Gasteiger partial charge is 0.495 e. The third-order valence-corrected chi connectivity index (χ3v) is 7.33. The lowest BCUT2D eigenvalue weighted by Gasteiger charge is -2.40. The zero-order chi connectivity index (χ0) is 20.7. The summed E-state index contributed by atoms with van der Waals surface area (Å²) in [5.41, 5.74) is 4.45. The van der Waals surface area contributed by atoms with Crippen LogP contribution < -0.4 is 15.0 Å². The number of rotatable bonds is 4. The number of halogens is 1. The molecule has 0 bridgehead atoms. The standard InChI is InChI=1S/C24H28ClN3O2/c1-30-22-4-2-3-19(25)23(22)28-12-7-17-18(15-29)20(5-6-21(17)28)27-13-9-24(10-14-27)8-11-26-16-24/h2-7,12,26,29H,8-11,13-16H2,1H3. The van der Waals surface area contributed by atoms with Gasteiger partial charge >= 0.3 is 0 Å². The van der Waals surface area contributed by atoms with Crippen LogP contribution in [0.25, 0.3) is 16.6 Å². The minimum absolute atomic E-state index is 0.0134. The number of aliphatic hydroxyl groups excluding tert-OH is 1. The molecule has 1 spiro atoms. The molecule has 5 nitrogen and oxygen atoms in total. The van der Waals surface area contributed by atoms with E-state index in [1.165, 1.54) is 19.3 Å². The van der Waals surface area contributed by atoms with Crippen molar-refractivity contribution in [2.75, 3.05) is 38.2 Å². The first-order valence-electron chi connectivity index (χ1n) is 10.7. The summed E-state index contributed by atoms with van der Waals surface area (Å²) in [4.78, 5) is 2.45. The Morgan fingerprint density at radius 2 is 1.97 bits per heavy atom. The Morgan fingerprint density at radius 3 is 2.67 bits per heavy atom. The minimum atomic E-state index is 0.0134. The van der Waals surface area contributed by atoms with Crippen molar-refractivity contribution < 1.29 is 9.84 Å². The molecule has 3 heterocycles. The van der Waals surface area contributed by atoms with E-state index in [0.717, 1.165) is 59.8 Å². The third-order valence-electron chi connectivity index (χ3n) is 7.02. The van der Waals surface area contributed by atoms with Gasteiger partial charge in [-0.3, -0.25) is 0 Å². The first-order valence-corrected chi connectivity index (χ1v) is 11.1. The number of aliphatic hydroxyl groups is 1. The summed E-state index contributed by atoms with van der Waals surface area (Å²) in [6, 6.07) is 12.0. The third kappa shape index (κ3) is 3.16. The van der Waals surface area contributed by atoms with E-state index in [0.29, 0.717) is 10.4 Å². The van der Waals surface area contributed by atoms with E-state index in [9.17, 15) is 5.11 Å². The summed E-state index contributed by atoms with van der Waals surface area (Å²) >= 11 is 6.52. The van der Waals surface area contributed by atoms with Gasteiger partial charge in [0.05, 0.1) is 24.3 Å². The number of anilines is 1. The van der Waals surface area contributed by atoms with Gasteiger partial charge < -0.3 is 24.6 Å². The van der Waals surface area contributed by atoms with Crippen LogP contribution in [0.3, 0.4) is 0 Å². The smallest absolute Gasteiger partial charge is 0.144 e. The summed E-state index contributed by atoms with van der Waals surface area (Å²) in [5, 5.41) is 15.5. The summed E-state index contributed by atoms with van der Waals surface area (Å²) in [5.74, 6) is 0.723. The molecule has 0 atom stereocenters. The van der Waals surface area contributed by atoms with E-state index in [-0.39, 0.29) is 6.61 Å². The number of nitrogens with zero attached hydrogens (tertiary/aromatic N) is 2. The van der Waals surface area contributed by atoms with Crippen molar-refractivity contribution in [3.8, 4) is 11.4 Å². The van der Waals surface area contributed by atoms with Gasteiger partial charge in [0.15, 0.2) is 0 Å². The number of benzene rings is 2. The van der Waals surface area contributed by atoms with Crippen LogP contribution in [0.1, 0.15) is 24.8 Å². The SMILES string of the molecule is COc1cccc(Cl)c1-n1ccc2c(CO)c(N3CCC4(CCNC4)CC3)ccc21. The van der Waals surface area contributed by atoms with Crippen LogP contribution in [0.5, 0.6) is 5.75 Å². The van der Waals surface area contributed by atoms with Crippen LogP contribution in [-0.2, 0) is 6.61 Å². The van der Waals surface area contributed by atoms with Gasteiger partial charge in [0.25, 0.3) is 0 Å². The molecule has 2 N–H and O–H groups in total.